The second kappa shape index (κ2) is 9.69. The van der Waals surface area contributed by atoms with Crippen LogP contribution in [0.3, 0.4) is 0 Å². The highest BCUT2D eigenvalue weighted by Crippen LogP contribution is 2.47. The zero-order valence-electron chi connectivity index (χ0n) is 20.2. The summed E-state index contributed by atoms with van der Waals surface area (Å²) in [6.45, 7) is 6.26. The Balaban J connectivity index is 1.47. The quantitative estimate of drug-likeness (QED) is 0.468. The zero-order valence-corrected chi connectivity index (χ0v) is 21.8. The van der Waals surface area contributed by atoms with Crippen LogP contribution in [0.25, 0.3) is 0 Å². The summed E-state index contributed by atoms with van der Waals surface area (Å²) in [7, 11) is -1.45. The third kappa shape index (κ3) is 4.91. The van der Waals surface area contributed by atoms with Gasteiger partial charge in [-0.05, 0) is 62.9 Å². The molecule has 2 unspecified atom stereocenters. The predicted octanol–water partition coefficient (Wildman–Crippen LogP) is 2.25. The van der Waals surface area contributed by atoms with Crippen molar-refractivity contribution >= 4 is 34.2 Å². The van der Waals surface area contributed by atoms with Crippen LogP contribution in [0.5, 0.6) is 0 Å². The maximum Gasteiger partial charge on any atom is 0.270 e. The van der Waals surface area contributed by atoms with E-state index in [2.05, 4.69) is 5.32 Å². The molecule has 1 aliphatic heterocycles. The van der Waals surface area contributed by atoms with Crippen LogP contribution in [0.2, 0.25) is 5.02 Å². The number of aliphatic hydroxyl groups is 2. The summed E-state index contributed by atoms with van der Waals surface area (Å²) in [5, 5.41) is 23.1. The lowest BCUT2D eigenvalue weighted by Gasteiger charge is -2.36. The first-order valence-electron chi connectivity index (χ1n) is 11.7. The van der Waals surface area contributed by atoms with E-state index in [1.54, 1.807) is 41.5 Å². The molecule has 3 N–H and O–H groups in total. The van der Waals surface area contributed by atoms with Gasteiger partial charge in [-0.25, -0.2) is 0 Å². The van der Waals surface area contributed by atoms with E-state index in [1.807, 2.05) is 19.1 Å². The fourth-order valence-corrected chi connectivity index (χ4v) is 7.00. The molecule has 2 atom stereocenters. The largest absolute Gasteiger partial charge is 0.394 e. The van der Waals surface area contributed by atoms with Gasteiger partial charge in [0, 0.05) is 42.0 Å². The number of aromatic nitrogens is 1. The fraction of sp³-hybridized carbons (Fsp3) is 0.520. The van der Waals surface area contributed by atoms with Gasteiger partial charge in [-0.15, -0.1) is 0 Å². The predicted molar refractivity (Wildman–Crippen MR) is 135 cm³/mol. The molecule has 1 aromatic heterocycles. The minimum absolute atomic E-state index is 0.195. The number of nitrogens with zero attached hydrogens (tertiary/aromatic N) is 2. The number of amides is 2. The Morgan fingerprint density at radius 1 is 1.26 bits per heavy atom. The summed E-state index contributed by atoms with van der Waals surface area (Å²) in [5.74, 6) is -0.440. The van der Waals surface area contributed by atoms with Crippen LogP contribution < -0.4 is 5.32 Å². The molecule has 35 heavy (non-hydrogen) atoms. The van der Waals surface area contributed by atoms with Gasteiger partial charge in [0.15, 0.2) is 0 Å². The van der Waals surface area contributed by atoms with Crippen molar-refractivity contribution in [2.24, 2.45) is 0 Å². The normalized spacial score (nSPS) is 18.7. The van der Waals surface area contributed by atoms with Gasteiger partial charge in [0.1, 0.15) is 11.4 Å². The van der Waals surface area contributed by atoms with Gasteiger partial charge >= 0.3 is 0 Å². The molecule has 190 valence electrons. The first-order valence-corrected chi connectivity index (χ1v) is 13.3. The van der Waals surface area contributed by atoms with Crippen LogP contribution in [-0.2, 0) is 23.9 Å². The molecule has 1 aliphatic carbocycles. The lowest BCUT2D eigenvalue weighted by Crippen LogP contribution is -2.52. The van der Waals surface area contributed by atoms with Gasteiger partial charge in [-0.3, -0.25) is 13.8 Å². The average Bonchev–Trinajstić information content (AvgIpc) is 3.53. The van der Waals surface area contributed by atoms with Crippen molar-refractivity contribution in [3.63, 3.8) is 0 Å². The molecule has 4 rings (SSSR count). The molecule has 0 saturated heterocycles. The standard InChI is InChI=1S/C25H32ClN3O5S/c1-16-12-19-23(33)28(15-25(8-9-25)35(34)24(2,3)20(31)14-30)10-11-29(19)21(16)22(32)27-13-17-4-6-18(26)7-5-17/h4-7,12,20,30-31H,8-11,13-15H2,1-3H3,(H,27,32). The minimum Gasteiger partial charge on any atom is -0.394 e. The molecule has 0 spiro atoms. The van der Waals surface area contributed by atoms with Gasteiger partial charge in [0.25, 0.3) is 11.8 Å². The monoisotopic (exact) mass is 521 g/mol. The third-order valence-electron chi connectivity index (χ3n) is 7.10. The number of aryl methyl sites for hydroxylation is 1. The number of carbonyl (C=O) groups is 2. The van der Waals surface area contributed by atoms with Crippen LogP contribution >= 0.6 is 11.6 Å². The van der Waals surface area contributed by atoms with E-state index in [4.69, 9.17) is 11.6 Å². The number of fused-ring (bicyclic) bond motifs is 1. The number of rotatable bonds is 9. The molecule has 2 aromatic rings. The van der Waals surface area contributed by atoms with Gasteiger partial charge in [-0.1, -0.05) is 23.7 Å². The maximum atomic E-state index is 13.4. The topological polar surface area (TPSA) is 112 Å². The number of aliphatic hydroxyl groups excluding tert-OH is 2. The summed E-state index contributed by atoms with van der Waals surface area (Å²) in [6, 6.07) is 8.98. The Labute approximate surface area is 212 Å². The van der Waals surface area contributed by atoms with Crippen LogP contribution in [-0.4, -0.2) is 71.0 Å². The number of benzene rings is 1. The van der Waals surface area contributed by atoms with E-state index < -0.39 is 33.0 Å². The second-order valence-electron chi connectivity index (χ2n) is 10.0. The molecule has 0 radical (unpaired) electrons. The minimum atomic E-state index is -1.45. The number of hydrogen-bond donors (Lipinski definition) is 3. The summed E-state index contributed by atoms with van der Waals surface area (Å²) < 4.78 is 13.6. The molecule has 2 amide bonds. The Hall–Kier alpha value is -2.20. The molecule has 2 aliphatic rings. The van der Waals surface area contributed by atoms with Gasteiger partial charge < -0.3 is 25.0 Å². The first kappa shape index (κ1) is 25.9. The summed E-state index contributed by atoms with van der Waals surface area (Å²) in [6.07, 6.45) is 0.291. The van der Waals surface area contributed by atoms with E-state index >= 15 is 0 Å². The van der Waals surface area contributed by atoms with E-state index in [0.717, 1.165) is 11.1 Å². The molecule has 0 bridgehead atoms. The molecule has 1 fully saturated rings. The Bertz CT molecular complexity index is 1160. The highest BCUT2D eigenvalue weighted by Gasteiger charge is 2.56. The van der Waals surface area contributed by atoms with Crippen molar-refractivity contribution in [3.8, 4) is 0 Å². The highest BCUT2D eigenvalue weighted by molar-refractivity contribution is 7.88. The molecular weight excluding hydrogens is 490 g/mol. The number of hydrogen-bond acceptors (Lipinski definition) is 5. The number of halogens is 1. The van der Waals surface area contributed by atoms with Crippen LogP contribution in [0.4, 0.5) is 0 Å². The van der Waals surface area contributed by atoms with Crippen molar-refractivity contribution in [1.82, 2.24) is 14.8 Å². The summed E-state index contributed by atoms with van der Waals surface area (Å²) in [5.41, 5.74) is 2.56. The Kier molecular flexibility index (Phi) is 7.16. The van der Waals surface area contributed by atoms with E-state index in [-0.39, 0.29) is 11.8 Å². The number of carbonyl (C=O) groups excluding carboxylic acids is 2. The summed E-state index contributed by atoms with van der Waals surface area (Å²) >= 11 is 5.92. The first-order chi connectivity index (χ1) is 16.5. The molecule has 1 saturated carbocycles. The average molecular weight is 522 g/mol. The molecule has 2 heterocycles. The van der Waals surface area contributed by atoms with E-state index in [0.29, 0.717) is 55.4 Å². The van der Waals surface area contributed by atoms with E-state index in [9.17, 15) is 24.0 Å². The molecule has 8 nitrogen and oxygen atoms in total. The SMILES string of the molecule is Cc1cc2n(c1C(=O)NCc1ccc(Cl)cc1)CCN(CC1(S(=O)C(C)(C)C(O)CO)CC1)C2=O. The fourth-order valence-electron chi connectivity index (χ4n) is 4.69. The maximum absolute atomic E-state index is 13.4. The van der Waals surface area contributed by atoms with Gasteiger partial charge in [0.05, 0.1) is 22.2 Å². The Morgan fingerprint density at radius 3 is 2.51 bits per heavy atom. The summed E-state index contributed by atoms with van der Waals surface area (Å²) in [4.78, 5) is 28.1. The lowest BCUT2D eigenvalue weighted by molar-refractivity contribution is 0.0677. The lowest BCUT2D eigenvalue weighted by atomic mass is 10.1. The van der Waals surface area contributed by atoms with Crippen molar-refractivity contribution in [3.05, 3.63) is 57.9 Å². The van der Waals surface area contributed by atoms with Crippen LogP contribution in [0.15, 0.2) is 30.3 Å². The molecule has 1 aromatic carbocycles. The highest BCUT2D eigenvalue weighted by atomic mass is 35.5. The number of nitrogens with one attached hydrogen (secondary N) is 1. The van der Waals surface area contributed by atoms with E-state index in [1.165, 1.54) is 0 Å². The zero-order chi connectivity index (χ0) is 25.5. The van der Waals surface area contributed by atoms with Crippen molar-refractivity contribution in [2.45, 2.75) is 62.3 Å². The van der Waals surface area contributed by atoms with Gasteiger partial charge in [0.2, 0.25) is 0 Å². The van der Waals surface area contributed by atoms with Crippen molar-refractivity contribution in [1.29, 1.82) is 0 Å². The third-order valence-corrected chi connectivity index (χ3v) is 9.91. The molecule has 10 heteroatoms. The van der Waals surface area contributed by atoms with Crippen molar-refractivity contribution < 1.29 is 24.0 Å². The second-order valence-corrected chi connectivity index (χ2v) is 12.9. The Morgan fingerprint density at radius 2 is 1.91 bits per heavy atom. The van der Waals surface area contributed by atoms with Crippen LogP contribution in [0.1, 0.15) is 58.8 Å². The van der Waals surface area contributed by atoms with Gasteiger partial charge in [-0.2, -0.15) is 0 Å². The van der Waals surface area contributed by atoms with Crippen molar-refractivity contribution in [2.75, 3.05) is 19.7 Å². The molecular formula is C25H32ClN3O5S. The van der Waals surface area contributed by atoms with Crippen LogP contribution in [0, 0.1) is 6.92 Å². The smallest absolute Gasteiger partial charge is 0.270 e.